The Hall–Kier alpha value is -1.13. The van der Waals surface area contributed by atoms with E-state index in [1.54, 1.807) is 18.2 Å². The second-order valence-electron chi connectivity index (χ2n) is 5.11. The van der Waals surface area contributed by atoms with Gasteiger partial charge in [0.2, 0.25) is 0 Å². The molecule has 2 rings (SSSR count). The number of methoxy groups -OCH3 is 1. The van der Waals surface area contributed by atoms with Gasteiger partial charge in [-0.1, -0.05) is 12.1 Å². The maximum absolute atomic E-state index is 14.1. The van der Waals surface area contributed by atoms with E-state index < -0.39 is 0 Å². The zero-order valence-electron chi connectivity index (χ0n) is 10.7. The van der Waals surface area contributed by atoms with Gasteiger partial charge in [-0.25, -0.2) is 4.39 Å². The average molecular weight is 253 g/mol. The standard InChI is InChI=1S/C14H20FNO2/c1-18-12-4-2-3-10(13(12)15)7-14(8-16,9-17)11-5-6-11/h2-4,11,17H,5-9,16H2,1H3. The van der Waals surface area contributed by atoms with Crippen molar-refractivity contribution < 1.29 is 14.2 Å². The lowest BCUT2D eigenvalue weighted by Crippen LogP contribution is -2.38. The molecule has 1 saturated carbocycles. The molecule has 0 saturated heterocycles. The minimum Gasteiger partial charge on any atom is -0.494 e. The van der Waals surface area contributed by atoms with E-state index in [4.69, 9.17) is 10.5 Å². The molecule has 100 valence electrons. The molecular weight excluding hydrogens is 233 g/mol. The van der Waals surface area contributed by atoms with Crippen LogP contribution in [0, 0.1) is 17.2 Å². The monoisotopic (exact) mass is 253 g/mol. The van der Waals surface area contributed by atoms with E-state index in [1.807, 2.05) is 0 Å². The number of benzene rings is 1. The first-order valence-corrected chi connectivity index (χ1v) is 6.29. The maximum atomic E-state index is 14.1. The summed E-state index contributed by atoms with van der Waals surface area (Å²) < 4.78 is 19.1. The van der Waals surface area contributed by atoms with E-state index in [-0.39, 0.29) is 23.6 Å². The highest BCUT2D eigenvalue weighted by atomic mass is 19.1. The van der Waals surface area contributed by atoms with E-state index in [0.717, 1.165) is 12.8 Å². The highest BCUT2D eigenvalue weighted by Crippen LogP contribution is 2.47. The molecule has 1 fully saturated rings. The predicted octanol–water partition coefficient (Wildman–Crippen LogP) is 1.72. The fourth-order valence-electron chi connectivity index (χ4n) is 2.56. The molecule has 0 aromatic heterocycles. The Morgan fingerprint density at radius 2 is 2.22 bits per heavy atom. The molecule has 3 nitrogen and oxygen atoms in total. The highest BCUT2D eigenvalue weighted by molar-refractivity contribution is 5.32. The van der Waals surface area contributed by atoms with Gasteiger partial charge in [-0.15, -0.1) is 0 Å². The van der Waals surface area contributed by atoms with Crippen LogP contribution in [0.1, 0.15) is 18.4 Å². The van der Waals surface area contributed by atoms with Gasteiger partial charge in [0.1, 0.15) is 0 Å². The molecule has 1 unspecified atom stereocenters. The van der Waals surface area contributed by atoms with Gasteiger partial charge in [-0.3, -0.25) is 0 Å². The van der Waals surface area contributed by atoms with E-state index >= 15 is 0 Å². The number of aliphatic hydroxyl groups is 1. The molecule has 18 heavy (non-hydrogen) atoms. The number of halogens is 1. The summed E-state index contributed by atoms with van der Waals surface area (Å²) in [5, 5.41) is 9.63. The van der Waals surface area contributed by atoms with Crippen LogP contribution in [-0.2, 0) is 6.42 Å². The van der Waals surface area contributed by atoms with Crippen LogP contribution in [-0.4, -0.2) is 25.4 Å². The summed E-state index contributed by atoms with van der Waals surface area (Å²) >= 11 is 0. The lowest BCUT2D eigenvalue weighted by molar-refractivity contribution is 0.108. The Morgan fingerprint density at radius 3 is 2.72 bits per heavy atom. The molecule has 1 atom stereocenters. The topological polar surface area (TPSA) is 55.5 Å². The first kappa shape index (κ1) is 13.3. The van der Waals surface area contributed by atoms with Gasteiger partial charge in [0.25, 0.3) is 0 Å². The largest absolute Gasteiger partial charge is 0.494 e. The van der Waals surface area contributed by atoms with E-state index in [0.29, 0.717) is 24.4 Å². The molecule has 0 bridgehead atoms. The number of aliphatic hydroxyl groups excluding tert-OH is 1. The van der Waals surface area contributed by atoms with Crippen LogP contribution < -0.4 is 10.5 Å². The Labute approximate surface area is 107 Å². The van der Waals surface area contributed by atoms with E-state index in [2.05, 4.69) is 0 Å². The smallest absolute Gasteiger partial charge is 0.168 e. The summed E-state index contributed by atoms with van der Waals surface area (Å²) in [4.78, 5) is 0. The number of rotatable bonds is 6. The molecule has 1 aromatic rings. The predicted molar refractivity (Wildman–Crippen MR) is 68.0 cm³/mol. The number of nitrogens with two attached hydrogens (primary N) is 1. The van der Waals surface area contributed by atoms with Crippen molar-refractivity contribution in [1.29, 1.82) is 0 Å². The van der Waals surface area contributed by atoms with Crippen LogP contribution in [0.3, 0.4) is 0 Å². The molecule has 0 amide bonds. The van der Waals surface area contributed by atoms with Crippen LogP contribution in [0.15, 0.2) is 18.2 Å². The third kappa shape index (κ3) is 2.35. The first-order chi connectivity index (χ1) is 8.66. The molecule has 1 aliphatic rings. The normalized spacial score (nSPS) is 18.4. The third-order valence-corrected chi connectivity index (χ3v) is 3.97. The van der Waals surface area contributed by atoms with Crippen molar-refractivity contribution in [1.82, 2.24) is 0 Å². The molecular formula is C14H20FNO2. The zero-order chi connectivity index (χ0) is 13.2. The van der Waals surface area contributed by atoms with Gasteiger partial charge in [-0.05, 0) is 36.8 Å². The van der Waals surface area contributed by atoms with Gasteiger partial charge in [0, 0.05) is 12.0 Å². The molecule has 0 radical (unpaired) electrons. The molecule has 4 heteroatoms. The third-order valence-electron chi connectivity index (χ3n) is 3.97. The van der Waals surface area contributed by atoms with E-state index in [9.17, 15) is 9.50 Å². The summed E-state index contributed by atoms with van der Waals surface area (Å²) in [6, 6.07) is 5.10. The molecule has 0 heterocycles. The van der Waals surface area contributed by atoms with Crippen molar-refractivity contribution in [3.05, 3.63) is 29.6 Å². The Bertz CT molecular complexity index is 414. The Balaban J connectivity index is 2.26. The van der Waals surface area contributed by atoms with Gasteiger partial charge in [-0.2, -0.15) is 0 Å². The second-order valence-corrected chi connectivity index (χ2v) is 5.11. The highest BCUT2D eigenvalue weighted by Gasteiger charge is 2.44. The van der Waals surface area contributed by atoms with Crippen LogP contribution >= 0.6 is 0 Å². The summed E-state index contributed by atoms with van der Waals surface area (Å²) in [5.74, 6) is 0.317. The minimum absolute atomic E-state index is 0.00478. The fraction of sp³-hybridized carbons (Fsp3) is 0.571. The van der Waals surface area contributed by atoms with Crippen LogP contribution in [0.25, 0.3) is 0 Å². The van der Waals surface area contributed by atoms with Crippen molar-refractivity contribution >= 4 is 0 Å². The SMILES string of the molecule is COc1cccc(CC(CN)(CO)C2CC2)c1F. The van der Waals surface area contributed by atoms with Crippen LogP contribution in [0.4, 0.5) is 4.39 Å². The van der Waals surface area contributed by atoms with Crippen molar-refractivity contribution in [3.8, 4) is 5.75 Å². The van der Waals surface area contributed by atoms with Crippen molar-refractivity contribution in [2.24, 2.45) is 17.1 Å². The number of ether oxygens (including phenoxy) is 1. The van der Waals surface area contributed by atoms with Crippen LogP contribution in [0.5, 0.6) is 5.75 Å². The fourth-order valence-corrected chi connectivity index (χ4v) is 2.56. The van der Waals surface area contributed by atoms with Gasteiger partial charge in [0.15, 0.2) is 11.6 Å². The molecule has 0 aliphatic heterocycles. The number of hydrogen-bond donors (Lipinski definition) is 2. The van der Waals surface area contributed by atoms with Gasteiger partial charge >= 0.3 is 0 Å². The van der Waals surface area contributed by atoms with Crippen molar-refractivity contribution in [3.63, 3.8) is 0 Å². The Morgan fingerprint density at radius 1 is 1.50 bits per heavy atom. The molecule has 1 aliphatic carbocycles. The lowest BCUT2D eigenvalue weighted by Gasteiger charge is -2.31. The average Bonchev–Trinajstić information content (AvgIpc) is 3.23. The molecule has 1 aromatic carbocycles. The van der Waals surface area contributed by atoms with Gasteiger partial charge < -0.3 is 15.6 Å². The zero-order valence-corrected chi connectivity index (χ0v) is 10.7. The summed E-state index contributed by atoms with van der Waals surface area (Å²) in [7, 11) is 1.45. The van der Waals surface area contributed by atoms with Gasteiger partial charge in [0.05, 0.1) is 13.7 Å². The number of hydrogen-bond acceptors (Lipinski definition) is 3. The molecule has 0 spiro atoms. The molecule has 3 N–H and O–H groups in total. The van der Waals surface area contributed by atoms with Crippen molar-refractivity contribution in [2.75, 3.05) is 20.3 Å². The summed E-state index contributed by atoms with van der Waals surface area (Å²) in [5.41, 5.74) is 6.00. The van der Waals surface area contributed by atoms with Crippen molar-refractivity contribution in [2.45, 2.75) is 19.3 Å². The summed E-state index contributed by atoms with van der Waals surface area (Å²) in [6.45, 7) is 0.385. The first-order valence-electron chi connectivity index (χ1n) is 6.29. The minimum atomic E-state index is -0.382. The van der Waals surface area contributed by atoms with Crippen LogP contribution in [0.2, 0.25) is 0 Å². The summed E-state index contributed by atoms with van der Waals surface area (Å²) in [6.07, 6.45) is 2.61. The second kappa shape index (κ2) is 5.24. The quantitative estimate of drug-likeness (QED) is 0.811. The maximum Gasteiger partial charge on any atom is 0.168 e. The Kier molecular flexibility index (Phi) is 3.88. The lowest BCUT2D eigenvalue weighted by atomic mass is 9.77. The van der Waals surface area contributed by atoms with E-state index in [1.165, 1.54) is 7.11 Å².